The van der Waals surface area contributed by atoms with Gasteiger partial charge in [0, 0.05) is 0 Å². The summed E-state index contributed by atoms with van der Waals surface area (Å²) in [6, 6.07) is 0. The Hall–Kier alpha value is -0.0800. The summed E-state index contributed by atoms with van der Waals surface area (Å²) in [5, 5.41) is 0. The lowest BCUT2D eigenvalue weighted by molar-refractivity contribution is -0.192. The Morgan fingerprint density at radius 2 is 1.67 bits per heavy atom. The van der Waals surface area contributed by atoms with E-state index in [2.05, 4.69) is 0 Å². The Labute approximate surface area is 55.1 Å². The summed E-state index contributed by atoms with van der Waals surface area (Å²) >= 11 is 0. The second kappa shape index (κ2) is 2.27. The van der Waals surface area contributed by atoms with Crippen LogP contribution in [0.5, 0.6) is 0 Å². The SMILES string of the molecule is C1CC2CC(C1)OCO2. The van der Waals surface area contributed by atoms with Crippen LogP contribution in [0.3, 0.4) is 0 Å². The molecule has 0 aromatic carbocycles. The van der Waals surface area contributed by atoms with Crippen molar-refractivity contribution in [1.82, 2.24) is 0 Å². The monoisotopic (exact) mass is 128 g/mol. The highest BCUT2D eigenvalue weighted by atomic mass is 16.7. The average molecular weight is 128 g/mol. The summed E-state index contributed by atoms with van der Waals surface area (Å²) in [5.74, 6) is 0. The Balaban J connectivity index is 1.96. The highest BCUT2D eigenvalue weighted by Gasteiger charge is 2.26. The van der Waals surface area contributed by atoms with E-state index >= 15 is 0 Å². The van der Waals surface area contributed by atoms with Gasteiger partial charge in [-0.3, -0.25) is 0 Å². The van der Waals surface area contributed by atoms with Crippen LogP contribution in [0, 0.1) is 0 Å². The summed E-state index contributed by atoms with van der Waals surface area (Å²) in [5.41, 5.74) is 0. The van der Waals surface area contributed by atoms with Crippen molar-refractivity contribution in [3.63, 3.8) is 0 Å². The van der Waals surface area contributed by atoms with E-state index in [1.807, 2.05) is 0 Å². The Bertz CT molecular complexity index is 83.1. The molecule has 1 saturated heterocycles. The lowest BCUT2D eigenvalue weighted by Crippen LogP contribution is -2.34. The fourth-order valence-electron chi connectivity index (χ4n) is 1.64. The largest absolute Gasteiger partial charge is 0.352 e. The molecule has 0 aromatic rings. The summed E-state index contributed by atoms with van der Waals surface area (Å²) in [6.45, 7) is 0.537. The zero-order chi connectivity index (χ0) is 6.10. The normalized spacial score (nSPS) is 42.7. The van der Waals surface area contributed by atoms with Crippen LogP contribution in [0.25, 0.3) is 0 Å². The highest BCUT2D eigenvalue weighted by molar-refractivity contribution is 4.75. The molecular weight excluding hydrogens is 116 g/mol. The molecule has 1 aliphatic carbocycles. The number of ether oxygens (including phenoxy) is 2. The second-order valence-corrected chi connectivity index (χ2v) is 2.86. The van der Waals surface area contributed by atoms with Crippen molar-refractivity contribution < 1.29 is 9.47 Å². The number of fused-ring (bicyclic) bond motifs is 2. The van der Waals surface area contributed by atoms with E-state index in [1.54, 1.807) is 0 Å². The van der Waals surface area contributed by atoms with Crippen molar-refractivity contribution in [2.75, 3.05) is 6.79 Å². The zero-order valence-corrected chi connectivity index (χ0v) is 5.51. The van der Waals surface area contributed by atoms with Gasteiger partial charge in [-0.1, -0.05) is 0 Å². The van der Waals surface area contributed by atoms with E-state index in [1.165, 1.54) is 19.3 Å². The molecule has 2 fully saturated rings. The standard InChI is InChI=1S/C7H12O2/c1-2-6-4-7(3-1)9-5-8-6/h6-7H,1-5H2. The molecule has 1 heterocycles. The van der Waals surface area contributed by atoms with E-state index < -0.39 is 0 Å². The van der Waals surface area contributed by atoms with Crippen molar-refractivity contribution in [3.8, 4) is 0 Å². The first-order valence-corrected chi connectivity index (χ1v) is 3.68. The van der Waals surface area contributed by atoms with Crippen molar-refractivity contribution in [2.24, 2.45) is 0 Å². The van der Waals surface area contributed by atoms with E-state index in [4.69, 9.17) is 9.47 Å². The van der Waals surface area contributed by atoms with Crippen molar-refractivity contribution >= 4 is 0 Å². The molecule has 2 atom stereocenters. The van der Waals surface area contributed by atoms with Gasteiger partial charge in [0.05, 0.1) is 12.2 Å². The molecule has 9 heavy (non-hydrogen) atoms. The minimum absolute atomic E-state index is 0.525. The van der Waals surface area contributed by atoms with Crippen LogP contribution in [-0.4, -0.2) is 19.0 Å². The quantitative estimate of drug-likeness (QED) is 0.489. The van der Waals surface area contributed by atoms with E-state index in [0.717, 1.165) is 6.42 Å². The molecule has 2 rings (SSSR count). The third-order valence-corrected chi connectivity index (χ3v) is 2.19. The maximum absolute atomic E-state index is 5.33. The van der Waals surface area contributed by atoms with Gasteiger partial charge in [-0.05, 0) is 25.7 Å². The topological polar surface area (TPSA) is 18.5 Å². The van der Waals surface area contributed by atoms with Crippen molar-refractivity contribution in [2.45, 2.75) is 37.9 Å². The van der Waals surface area contributed by atoms with Crippen LogP contribution < -0.4 is 0 Å². The summed E-state index contributed by atoms with van der Waals surface area (Å²) in [7, 11) is 0. The third kappa shape index (κ3) is 1.10. The maximum atomic E-state index is 5.33. The molecule has 1 saturated carbocycles. The first-order chi connectivity index (χ1) is 4.45. The average Bonchev–Trinajstić information content (AvgIpc) is 1.88. The number of rotatable bonds is 0. The van der Waals surface area contributed by atoms with Gasteiger partial charge < -0.3 is 9.47 Å². The summed E-state index contributed by atoms with van der Waals surface area (Å²) in [6.07, 6.45) is 5.98. The maximum Gasteiger partial charge on any atom is 0.147 e. The number of hydrogen-bond donors (Lipinski definition) is 0. The fraction of sp³-hybridized carbons (Fsp3) is 1.00. The summed E-state index contributed by atoms with van der Waals surface area (Å²) < 4.78 is 10.7. The highest BCUT2D eigenvalue weighted by Crippen LogP contribution is 2.26. The molecule has 0 aromatic heterocycles. The first kappa shape index (κ1) is 5.69. The molecule has 0 radical (unpaired) electrons. The molecule has 0 N–H and O–H groups in total. The minimum Gasteiger partial charge on any atom is -0.352 e. The molecule has 2 nitrogen and oxygen atoms in total. The van der Waals surface area contributed by atoms with Crippen LogP contribution in [0.1, 0.15) is 25.7 Å². The summed E-state index contributed by atoms with van der Waals surface area (Å²) in [4.78, 5) is 0. The molecule has 52 valence electrons. The van der Waals surface area contributed by atoms with Gasteiger partial charge in [-0.25, -0.2) is 0 Å². The first-order valence-electron chi connectivity index (χ1n) is 3.68. The molecule has 0 spiro atoms. The van der Waals surface area contributed by atoms with Crippen molar-refractivity contribution in [1.29, 1.82) is 0 Å². The van der Waals surface area contributed by atoms with Crippen LogP contribution in [0.4, 0.5) is 0 Å². The van der Waals surface area contributed by atoms with Gasteiger partial charge in [0.1, 0.15) is 6.79 Å². The smallest absolute Gasteiger partial charge is 0.147 e. The lowest BCUT2D eigenvalue weighted by Gasteiger charge is -2.34. The predicted octanol–water partition coefficient (Wildman–Crippen LogP) is 1.30. The molecule has 2 bridgehead atoms. The van der Waals surface area contributed by atoms with Crippen molar-refractivity contribution in [3.05, 3.63) is 0 Å². The van der Waals surface area contributed by atoms with Crippen LogP contribution in [-0.2, 0) is 9.47 Å². The molecule has 2 heteroatoms. The third-order valence-electron chi connectivity index (χ3n) is 2.19. The van der Waals surface area contributed by atoms with E-state index in [9.17, 15) is 0 Å². The van der Waals surface area contributed by atoms with Crippen LogP contribution in [0.15, 0.2) is 0 Å². The number of hydrogen-bond acceptors (Lipinski definition) is 2. The molecule has 1 aliphatic heterocycles. The van der Waals surface area contributed by atoms with Gasteiger partial charge in [0.2, 0.25) is 0 Å². The lowest BCUT2D eigenvalue weighted by atomic mass is 9.94. The van der Waals surface area contributed by atoms with Gasteiger partial charge in [-0.15, -0.1) is 0 Å². The predicted molar refractivity (Wildman–Crippen MR) is 33.1 cm³/mol. The Morgan fingerprint density at radius 3 is 2.22 bits per heavy atom. The van der Waals surface area contributed by atoms with Crippen LogP contribution >= 0.6 is 0 Å². The second-order valence-electron chi connectivity index (χ2n) is 2.86. The Morgan fingerprint density at radius 1 is 1.00 bits per heavy atom. The van der Waals surface area contributed by atoms with E-state index in [0.29, 0.717) is 19.0 Å². The Kier molecular flexibility index (Phi) is 1.44. The molecular formula is C7H12O2. The van der Waals surface area contributed by atoms with Gasteiger partial charge >= 0.3 is 0 Å². The van der Waals surface area contributed by atoms with Gasteiger partial charge in [-0.2, -0.15) is 0 Å². The minimum atomic E-state index is 0.525. The van der Waals surface area contributed by atoms with Gasteiger partial charge in [0.25, 0.3) is 0 Å². The molecule has 2 unspecified atom stereocenters. The fourth-order valence-corrected chi connectivity index (χ4v) is 1.64. The van der Waals surface area contributed by atoms with E-state index in [-0.39, 0.29) is 0 Å². The van der Waals surface area contributed by atoms with Crippen LogP contribution in [0.2, 0.25) is 0 Å². The van der Waals surface area contributed by atoms with Gasteiger partial charge in [0.15, 0.2) is 0 Å². The molecule has 2 aliphatic rings. The molecule has 0 amide bonds. The zero-order valence-electron chi connectivity index (χ0n) is 5.51.